The molecular weight excluding hydrogens is 410 g/mol. The molecule has 0 spiro atoms. The zero-order valence-electron chi connectivity index (χ0n) is 17.4. The first-order valence-electron chi connectivity index (χ1n) is 9.04. The van der Waals surface area contributed by atoms with Crippen LogP contribution in [0.25, 0.3) is 6.08 Å². The molecule has 7 nitrogen and oxygen atoms in total. The third-order valence-corrected chi connectivity index (χ3v) is 4.45. The van der Waals surface area contributed by atoms with Crippen LogP contribution in [0.3, 0.4) is 0 Å². The molecule has 0 aliphatic heterocycles. The highest BCUT2D eigenvalue weighted by Crippen LogP contribution is 2.38. The van der Waals surface area contributed by atoms with E-state index in [-0.39, 0.29) is 0 Å². The number of hydrogen-bond acceptors (Lipinski definition) is 6. The molecule has 160 valence electrons. The highest BCUT2D eigenvalue weighted by Gasteiger charge is 2.18. The van der Waals surface area contributed by atoms with Gasteiger partial charge < -0.3 is 24.3 Å². The Bertz CT molecular complexity index is 932. The summed E-state index contributed by atoms with van der Waals surface area (Å²) in [6.45, 7) is 3.32. The fraction of sp³-hybridized carbons (Fsp3) is 0.273. The van der Waals surface area contributed by atoms with Crippen molar-refractivity contribution in [3.05, 3.63) is 52.6 Å². The molecule has 0 heterocycles. The molecule has 2 aromatic carbocycles. The van der Waals surface area contributed by atoms with Crippen LogP contribution in [0.2, 0.25) is 5.02 Å². The van der Waals surface area contributed by atoms with Gasteiger partial charge in [-0.05, 0) is 55.3 Å². The first-order chi connectivity index (χ1) is 14.3. The molecule has 2 aromatic rings. The van der Waals surface area contributed by atoms with E-state index in [4.69, 9.17) is 30.5 Å². The van der Waals surface area contributed by atoms with E-state index in [1.807, 2.05) is 6.92 Å². The lowest BCUT2D eigenvalue weighted by molar-refractivity contribution is -0.148. The average molecular weight is 434 g/mol. The Hall–Kier alpha value is -3.19. The topological polar surface area (TPSA) is 83.1 Å². The van der Waals surface area contributed by atoms with E-state index in [0.29, 0.717) is 33.5 Å². The monoisotopic (exact) mass is 433 g/mol. The lowest BCUT2D eigenvalue weighted by atomic mass is 10.1. The lowest BCUT2D eigenvalue weighted by Crippen LogP contribution is -2.29. The van der Waals surface area contributed by atoms with E-state index >= 15 is 0 Å². The molecule has 1 unspecified atom stereocenters. The van der Waals surface area contributed by atoms with Crippen molar-refractivity contribution in [3.8, 4) is 17.2 Å². The number of nitrogens with one attached hydrogen (secondary N) is 1. The number of benzene rings is 2. The number of amides is 1. The van der Waals surface area contributed by atoms with Gasteiger partial charge in [0.2, 0.25) is 5.75 Å². The summed E-state index contributed by atoms with van der Waals surface area (Å²) >= 11 is 5.95. The van der Waals surface area contributed by atoms with Crippen LogP contribution in [0.15, 0.2) is 36.4 Å². The van der Waals surface area contributed by atoms with Gasteiger partial charge in [0.05, 0.1) is 21.3 Å². The van der Waals surface area contributed by atoms with Crippen LogP contribution in [0, 0.1) is 6.92 Å². The number of aryl methyl sites for hydroxylation is 1. The first-order valence-corrected chi connectivity index (χ1v) is 9.42. The van der Waals surface area contributed by atoms with Crippen LogP contribution >= 0.6 is 11.6 Å². The maximum Gasteiger partial charge on any atom is 0.331 e. The van der Waals surface area contributed by atoms with Crippen molar-refractivity contribution in [1.82, 2.24) is 0 Å². The summed E-state index contributed by atoms with van der Waals surface area (Å²) in [6, 6.07) is 8.51. The minimum Gasteiger partial charge on any atom is -0.493 e. The number of anilines is 1. The highest BCUT2D eigenvalue weighted by molar-refractivity contribution is 6.31. The number of esters is 1. The Morgan fingerprint density at radius 2 is 1.67 bits per heavy atom. The van der Waals surface area contributed by atoms with Crippen LogP contribution < -0.4 is 19.5 Å². The van der Waals surface area contributed by atoms with E-state index in [1.165, 1.54) is 40.4 Å². The van der Waals surface area contributed by atoms with Crippen LogP contribution in [-0.2, 0) is 14.3 Å². The Morgan fingerprint density at radius 3 is 2.23 bits per heavy atom. The number of carbonyl (C=O) groups excluding carboxylic acids is 2. The second-order valence-electron chi connectivity index (χ2n) is 6.32. The number of ether oxygens (including phenoxy) is 4. The van der Waals surface area contributed by atoms with Gasteiger partial charge in [-0.2, -0.15) is 0 Å². The third-order valence-electron chi connectivity index (χ3n) is 4.22. The maximum absolute atomic E-state index is 12.3. The molecule has 1 N–H and O–H groups in total. The van der Waals surface area contributed by atoms with Gasteiger partial charge in [-0.3, -0.25) is 4.79 Å². The van der Waals surface area contributed by atoms with Gasteiger partial charge in [-0.25, -0.2) is 4.79 Å². The Morgan fingerprint density at radius 1 is 1.03 bits per heavy atom. The van der Waals surface area contributed by atoms with Gasteiger partial charge in [0.15, 0.2) is 17.6 Å². The van der Waals surface area contributed by atoms with Gasteiger partial charge in [-0.1, -0.05) is 17.7 Å². The third kappa shape index (κ3) is 5.90. The van der Waals surface area contributed by atoms with E-state index in [9.17, 15) is 9.59 Å². The zero-order valence-corrected chi connectivity index (χ0v) is 18.2. The molecule has 1 amide bonds. The predicted octanol–water partition coefficient (Wildman–Crippen LogP) is 4.26. The molecule has 30 heavy (non-hydrogen) atoms. The fourth-order valence-electron chi connectivity index (χ4n) is 2.59. The zero-order chi connectivity index (χ0) is 22.3. The van der Waals surface area contributed by atoms with Gasteiger partial charge in [0.25, 0.3) is 5.91 Å². The number of methoxy groups -OCH3 is 3. The first kappa shape index (κ1) is 23.1. The smallest absolute Gasteiger partial charge is 0.331 e. The Kier molecular flexibility index (Phi) is 8.12. The van der Waals surface area contributed by atoms with Crippen LogP contribution in [-0.4, -0.2) is 39.3 Å². The second kappa shape index (κ2) is 10.5. The largest absolute Gasteiger partial charge is 0.493 e. The van der Waals surface area contributed by atoms with Crippen LogP contribution in [0.1, 0.15) is 18.1 Å². The SMILES string of the molecule is COc1cc(/C=C/C(=O)OC(C)C(=O)Nc2cc(Cl)ccc2C)cc(OC)c1OC. The summed E-state index contributed by atoms with van der Waals surface area (Å²) in [4.78, 5) is 24.5. The van der Waals surface area contributed by atoms with Crippen molar-refractivity contribution in [3.63, 3.8) is 0 Å². The summed E-state index contributed by atoms with van der Waals surface area (Å²) in [6.07, 6.45) is 1.74. The molecule has 0 aromatic heterocycles. The molecule has 0 fully saturated rings. The molecule has 8 heteroatoms. The summed E-state index contributed by atoms with van der Waals surface area (Å²) in [5.74, 6) is 0.217. The molecular formula is C22H24ClNO6. The Labute approximate surface area is 180 Å². The second-order valence-corrected chi connectivity index (χ2v) is 6.76. The van der Waals surface area contributed by atoms with Crippen molar-refractivity contribution >= 4 is 35.2 Å². The standard InChI is InChI=1S/C22H24ClNO6/c1-13-6-8-16(23)12-17(13)24-22(26)14(2)30-20(25)9-7-15-10-18(27-3)21(29-5)19(11-15)28-4/h6-12,14H,1-5H3,(H,24,26)/b9-7+. The van der Waals surface area contributed by atoms with Gasteiger partial charge in [-0.15, -0.1) is 0 Å². The van der Waals surface area contributed by atoms with Crippen molar-refractivity contribution in [2.24, 2.45) is 0 Å². The molecule has 0 aliphatic carbocycles. The lowest BCUT2D eigenvalue weighted by Gasteiger charge is -2.14. The van der Waals surface area contributed by atoms with E-state index in [2.05, 4.69) is 5.32 Å². The number of halogens is 1. The van der Waals surface area contributed by atoms with Crippen molar-refractivity contribution < 1.29 is 28.5 Å². The van der Waals surface area contributed by atoms with E-state index in [0.717, 1.165) is 5.56 Å². The summed E-state index contributed by atoms with van der Waals surface area (Å²) in [5, 5.41) is 3.20. The number of rotatable bonds is 8. The molecule has 0 bridgehead atoms. The maximum atomic E-state index is 12.3. The minimum absolute atomic E-state index is 0.446. The summed E-state index contributed by atoms with van der Waals surface area (Å²) in [7, 11) is 4.51. The van der Waals surface area contributed by atoms with Gasteiger partial charge in [0, 0.05) is 16.8 Å². The molecule has 0 aliphatic rings. The van der Waals surface area contributed by atoms with Gasteiger partial charge >= 0.3 is 5.97 Å². The van der Waals surface area contributed by atoms with Gasteiger partial charge in [0.1, 0.15) is 0 Å². The van der Waals surface area contributed by atoms with E-state index < -0.39 is 18.0 Å². The molecule has 1 atom stereocenters. The predicted molar refractivity (Wildman–Crippen MR) is 116 cm³/mol. The van der Waals surface area contributed by atoms with Crippen molar-refractivity contribution in [2.45, 2.75) is 20.0 Å². The summed E-state index contributed by atoms with van der Waals surface area (Å²) < 4.78 is 21.0. The average Bonchev–Trinajstić information content (AvgIpc) is 2.73. The fourth-order valence-corrected chi connectivity index (χ4v) is 2.76. The normalized spacial score (nSPS) is 11.7. The quantitative estimate of drug-likeness (QED) is 0.494. The highest BCUT2D eigenvalue weighted by atomic mass is 35.5. The summed E-state index contributed by atoms with van der Waals surface area (Å²) in [5.41, 5.74) is 2.03. The van der Waals surface area contributed by atoms with Crippen molar-refractivity contribution in [2.75, 3.05) is 26.6 Å². The number of carbonyl (C=O) groups is 2. The molecule has 2 rings (SSSR count). The van der Waals surface area contributed by atoms with Crippen LogP contribution in [0.4, 0.5) is 5.69 Å². The molecule has 0 saturated carbocycles. The van der Waals surface area contributed by atoms with Crippen molar-refractivity contribution in [1.29, 1.82) is 0 Å². The molecule has 0 radical (unpaired) electrons. The number of hydrogen-bond donors (Lipinski definition) is 1. The minimum atomic E-state index is -1.000. The van der Waals surface area contributed by atoms with E-state index in [1.54, 1.807) is 30.3 Å². The van der Waals surface area contributed by atoms with Crippen LogP contribution in [0.5, 0.6) is 17.2 Å². The Balaban J connectivity index is 2.05. The molecule has 0 saturated heterocycles.